The van der Waals surface area contributed by atoms with E-state index in [0.717, 1.165) is 39.3 Å². The molecule has 0 aliphatic heterocycles. The van der Waals surface area contributed by atoms with E-state index < -0.39 is 0 Å². The van der Waals surface area contributed by atoms with E-state index in [1.165, 1.54) is 22.3 Å². The minimum atomic E-state index is -0.267. The second-order valence-electron chi connectivity index (χ2n) is 6.50. The van der Waals surface area contributed by atoms with Crippen LogP contribution in [0.1, 0.15) is 34.9 Å². The number of fused-ring (bicyclic) bond motifs is 1. The molecule has 0 saturated carbocycles. The quantitative estimate of drug-likeness (QED) is 0.519. The van der Waals surface area contributed by atoms with Crippen LogP contribution in [0.4, 0.5) is 5.00 Å². The molecule has 0 unspecified atom stereocenters. The number of nitriles is 1. The first kappa shape index (κ1) is 20.1. The first-order valence-corrected chi connectivity index (χ1v) is 10.9. The van der Waals surface area contributed by atoms with E-state index in [1.54, 1.807) is 13.2 Å². The largest absolute Gasteiger partial charge is 0.495 e. The van der Waals surface area contributed by atoms with Gasteiger partial charge in [-0.3, -0.25) is 4.79 Å². The van der Waals surface area contributed by atoms with Crippen LogP contribution in [0.2, 0.25) is 0 Å². The number of amides is 1. The highest BCUT2D eigenvalue weighted by molar-refractivity contribution is 9.11. The van der Waals surface area contributed by atoms with E-state index in [-0.39, 0.29) is 5.91 Å². The maximum absolute atomic E-state index is 12.4. The van der Waals surface area contributed by atoms with Crippen molar-refractivity contribution >= 4 is 60.2 Å². The molecule has 1 aliphatic rings. The summed E-state index contributed by atoms with van der Waals surface area (Å²) < 4.78 is 7.07. The normalized spacial score (nSPS) is 16.0. The van der Waals surface area contributed by atoms with Gasteiger partial charge in [0.05, 0.1) is 17.1 Å². The number of nitrogens with one attached hydrogen (secondary N) is 1. The van der Waals surface area contributed by atoms with Gasteiger partial charge in [-0.15, -0.1) is 11.3 Å². The highest BCUT2D eigenvalue weighted by Crippen LogP contribution is 2.39. The van der Waals surface area contributed by atoms with Crippen LogP contribution in [0.3, 0.4) is 0 Å². The molecule has 1 N–H and O–H groups in total. The summed E-state index contributed by atoms with van der Waals surface area (Å²) in [4.78, 5) is 13.7. The average molecular weight is 510 g/mol. The lowest BCUT2D eigenvalue weighted by Gasteiger charge is -2.17. The fraction of sp³-hybridized carbons (Fsp3) is 0.300. The topological polar surface area (TPSA) is 62.1 Å². The van der Waals surface area contributed by atoms with Gasteiger partial charge in [-0.1, -0.05) is 22.9 Å². The lowest BCUT2D eigenvalue weighted by Crippen LogP contribution is -2.10. The predicted octanol–water partition coefficient (Wildman–Crippen LogP) is 5.93. The van der Waals surface area contributed by atoms with E-state index in [4.69, 9.17) is 4.74 Å². The zero-order valence-electron chi connectivity index (χ0n) is 14.9. The second-order valence-corrected chi connectivity index (χ2v) is 9.38. The molecule has 0 bridgehead atoms. The van der Waals surface area contributed by atoms with Crippen molar-refractivity contribution in [2.75, 3.05) is 12.4 Å². The van der Waals surface area contributed by atoms with Crippen LogP contribution in [-0.2, 0) is 17.6 Å². The zero-order valence-corrected chi connectivity index (χ0v) is 18.9. The molecule has 0 spiro atoms. The Balaban J connectivity index is 1.81. The molecule has 1 aromatic carbocycles. The maximum Gasteiger partial charge on any atom is 0.249 e. The number of thiophene rings is 1. The molecule has 1 aromatic heterocycles. The molecular formula is C20H18Br2N2O2S. The van der Waals surface area contributed by atoms with Gasteiger partial charge >= 0.3 is 0 Å². The van der Waals surface area contributed by atoms with Crippen molar-refractivity contribution in [3.05, 3.63) is 48.7 Å². The molecule has 2 aromatic rings. The van der Waals surface area contributed by atoms with E-state index in [2.05, 4.69) is 50.2 Å². The fourth-order valence-electron chi connectivity index (χ4n) is 3.20. The Labute approximate surface area is 179 Å². The van der Waals surface area contributed by atoms with Crippen molar-refractivity contribution in [1.29, 1.82) is 5.26 Å². The van der Waals surface area contributed by atoms with Gasteiger partial charge in [0, 0.05) is 21.0 Å². The van der Waals surface area contributed by atoms with Gasteiger partial charge in [-0.2, -0.15) is 5.26 Å². The third-order valence-corrected chi connectivity index (χ3v) is 6.73. The van der Waals surface area contributed by atoms with Crippen LogP contribution in [0.15, 0.2) is 27.2 Å². The lowest BCUT2D eigenvalue weighted by molar-refractivity contribution is -0.111. The number of benzene rings is 1. The minimum Gasteiger partial charge on any atom is -0.495 e. The Morgan fingerprint density at radius 3 is 2.93 bits per heavy atom. The third-order valence-electron chi connectivity index (χ3n) is 4.52. The molecule has 4 nitrogen and oxygen atoms in total. The third kappa shape index (κ3) is 4.45. The summed E-state index contributed by atoms with van der Waals surface area (Å²) in [7, 11) is 1.59. The van der Waals surface area contributed by atoms with Crippen LogP contribution < -0.4 is 10.1 Å². The van der Waals surface area contributed by atoms with E-state index in [1.807, 2.05) is 12.1 Å². The summed E-state index contributed by atoms with van der Waals surface area (Å²) in [6.45, 7) is 2.22. The highest BCUT2D eigenvalue weighted by atomic mass is 79.9. The number of nitrogens with zero attached hydrogens (tertiary/aromatic N) is 1. The number of anilines is 1. The number of methoxy groups -OCH3 is 1. The van der Waals surface area contributed by atoms with Crippen molar-refractivity contribution in [2.45, 2.75) is 26.2 Å². The summed E-state index contributed by atoms with van der Waals surface area (Å²) in [6.07, 6.45) is 6.13. The van der Waals surface area contributed by atoms with Gasteiger partial charge in [0.2, 0.25) is 5.91 Å². The summed E-state index contributed by atoms with van der Waals surface area (Å²) in [5.74, 6) is 1.01. The zero-order chi connectivity index (χ0) is 19.6. The Morgan fingerprint density at radius 2 is 2.22 bits per heavy atom. The smallest absolute Gasteiger partial charge is 0.249 e. The van der Waals surface area contributed by atoms with Gasteiger partial charge < -0.3 is 10.1 Å². The maximum atomic E-state index is 12.4. The van der Waals surface area contributed by atoms with Crippen LogP contribution >= 0.6 is 43.2 Å². The standard InChI is InChI=1S/C20H18Br2N2O2S/c1-11-3-5-14-15(10-23)20(27-17(14)7-11)24-18(25)6-4-12-8-13(21)9-16(22)19(12)26-2/h4,6,8-9,11H,3,5,7H2,1-2H3,(H,24,25)/b6-4+/t11-/m1/s1. The lowest BCUT2D eigenvalue weighted by atomic mass is 9.89. The average Bonchev–Trinajstić information content (AvgIpc) is 2.95. The number of ether oxygens (including phenoxy) is 1. The summed E-state index contributed by atoms with van der Waals surface area (Å²) in [5, 5.41) is 13.1. The molecule has 0 fully saturated rings. The first-order valence-electron chi connectivity index (χ1n) is 8.49. The molecule has 1 amide bonds. The Morgan fingerprint density at radius 1 is 1.44 bits per heavy atom. The van der Waals surface area contributed by atoms with Gasteiger partial charge in [0.25, 0.3) is 0 Å². The number of hydrogen-bond donors (Lipinski definition) is 1. The van der Waals surface area contributed by atoms with Gasteiger partial charge in [-0.05, 0) is 64.9 Å². The SMILES string of the molecule is COc1c(Br)cc(Br)cc1/C=C/C(=O)Nc1sc2c(c1C#N)CC[C@@H](C)C2. The van der Waals surface area contributed by atoms with Crippen LogP contribution in [-0.4, -0.2) is 13.0 Å². The number of carbonyl (C=O) groups is 1. The monoisotopic (exact) mass is 508 g/mol. The Hall–Kier alpha value is -1.62. The van der Waals surface area contributed by atoms with Crippen LogP contribution in [0, 0.1) is 17.2 Å². The van der Waals surface area contributed by atoms with Crippen LogP contribution in [0.5, 0.6) is 5.75 Å². The Bertz CT molecular complexity index is 960. The van der Waals surface area contributed by atoms with Crippen molar-refractivity contribution in [1.82, 2.24) is 0 Å². The molecule has 0 saturated heterocycles. The molecule has 1 atom stereocenters. The number of halogens is 2. The second kappa shape index (κ2) is 8.59. The van der Waals surface area contributed by atoms with Crippen molar-refractivity contribution < 1.29 is 9.53 Å². The molecular weight excluding hydrogens is 492 g/mol. The fourth-order valence-corrected chi connectivity index (χ4v) is 5.98. The van der Waals surface area contributed by atoms with E-state index >= 15 is 0 Å². The van der Waals surface area contributed by atoms with Crippen molar-refractivity contribution in [2.24, 2.45) is 5.92 Å². The molecule has 3 rings (SSSR count). The van der Waals surface area contributed by atoms with Crippen molar-refractivity contribution in [3.8, 4) is 11.8 Å². The molecule has 140 valence electrons. The number of rotatable bonds is 4. The highest BCUT2D eigenvalue weighted by Gasteiger charge is 2.24. The van der Waals surface area contributed by atoms with E-state index in [0.29, 0.717) is 22.2 Å². The summed E-state index contributed by atoms with van der Waals surface area (Å²) >= 11 is 8.41. The number of carbonyl (C=O) groups excluding carboxylic acids is 1. The first-order chi connectivity index (χ1) is 12.9. The Kier molecular flexibility index (Phi) is 6.40. The predicted molar refractivity (Wildman–Crippen MR) is 116 cm³/mol. The van der Waals surface area contributed by atoms with E-state index in [9.17, 15) is 10.1 Å². The molecule has 1 heterocycles. The molecule has 1 aliphatic carbocycles. The van der Waals surface area contributed by atoms with Crippen LogP contribution in [0.25, 0.3) is 6.08 Å². The van der Waals surface area contributed by atoms with Gasteiger partial charge in [0.1, 0.15) is 16.8 Å². The minimum absolute atomic E-state index is 0.267. The summed E-state index contributed by atoms with van der Waals surface area (Å²) in [6, 6.07) is 6.03. The molecule has 27 heavy (non-hydrogen) atoms. The molecule has 0 radical (unpaired) electrons. The van der Waals surface area contributed by atoms with Gasteiger partial charge in [-0.25, -0.2) is 0 Å². The van der Waals surface area contributed by atoms with Gasteiger partial charge in [0.15, 0.2) is 0 Å². The summed E-state index contributed by atoms with van der Waals surface area (Å²) in [5.41, 5.74) is 2.50. The molecule has 7 heteroatoms. The number of hydrogen-bond acceptors (Lipinski definition) is 4. The van der Waals surface area contributed by atoms with Crippen molar-refractivity contribution in [3.63, 3.8) is 0 Å².